The minimum Gasteiger partial charge on any atom is -0.490 e. The Morgan fingerprint density at radius 2 is 1.60 bits per heavy atom. The fraction of sp³-hybridized carbons (Fsp3) is 0.143. The highest BCUT2D eigenvalue weighted by Crippen LogP contribution is 2.31. The summed E-state index contributed by atoms with van der Waals surface area (Å²) in [5.41, 5.74) is 0. The van der Waals surface area contributed by atoms with Crippen LogP contribution in [-0.4, -0.2) is 15.0 Å². The topological polar surface area (TPSA) is 52.6 Å². The Bertz CT molecular complexity index is 698. The molecule has 0 amide bonds. The van der Waals surface area contributed by atoms with Crippen molar-refractivity contribution in [2.75, 3.05) is 6.61 Å². The Hall–Kier alpha value is -1.53. The monoisotopic (exact) mass is 356 g/mol. The van der Waals surface area contributed by atoms with Crippen LogP contribution >= 0.6 is 15.9 Å². The fourth-order valence-electron chi connectivity index (χ4n) is 1.60. The number of hydrogen-bond donors (Lipinski definition) is 0. The zero-order valence-electron chi connectivity index (χ0n) is 10.7. The number of benzene rings is 2. The van der Waals surface area contributed by atoms with Gasteiger partial charge >= 0.3 is 10.1 Å². The third-order valence-electron chi connectivity index (χ3n) is 2.45. The number of hydrogen-bond acceptors (Lipinski definition) is 4. The van der Waals surface area contributed by atoms with Gasteiger partial charge in [-0.05, 0) is 47.1 Å². The molecular weight excluding hydrogens is 344 g/mol. The van der Waals surface area contributed by atoms with E-state index in [0.717, 1.165) is 0 Å². The van der Waals surface area contributed by atoms with Crippen molar-refractivity contribution in [3.63, 3.8) is 0 Å². The van der Waals surface area contributed by atoms with Crippen LogP contribution in [0.25, 0.3) is 0 Å². The summed E-state index contributed by atoms with van der Waals surface area (Å²) in [7, 11) is -3.91. The van der Waals surface area contributed by atoms with Gasteiger partial charge in [0.25, 0.3) is 0 Å². The van der Waals surface area contributed by atoms with Crippen molar-refractivity contribution < 1.29 is 17.3 Å². The number of rotatable bonds is 5. The van der Waals surface area contributed by atoms with Gasteiger partial charge < -0.3 is 8.92 Å². The summed E-state index contributed by atoms with van der Waals surface area (Å²) in [6.07, 6.45) is 0. The zero-order valence-corrected chi connectivity index (χ0v) is 13.1. The predicted octanol–water partition coefficient (Wildman–Crippen LogP) is 3.62. The lowest BCUT2D eigenvalue weighted by molar-refractivity contribution is 0.327. The van der Waals surface area contributed by atoms with Gasteiger partial charge in [0.05, 0.1) is 6.61 Å². The molecule has 0 aliphatic carbocycles. The SMILES string of the molecule is CCOc1ccccc1OS(=O)(=O)c1ccccc1Br. The first-order valence-electron chi connectivity index (χ1n) is 5.95. The molecule has 0 aliphatic heterocycles. The van der Waals surface area contributed by atoms with Crippen LogP contribution in [0.2, 0.25) is 0 Å². The number of halogens is 1. The van der Waals surface area contributed by atoms with E-state index in [1.165, 1.54) is 6.07 Å². The van der Waals surface area contributed by atoms with E-state index in [0.29, 0.717) is 16.8 Å². The van der Waals surface area contributed by atoms with Crippen molar-refractivity contribution in [3.8, 4) is 11.5 Å². The molecule has 0 N–H and O–H groups in total. The molecule has 4 nitrogen and oxygen atoms in total. The van der Waals surface area contributed by atoms with Crippen molar-refractivity contribution in [1.82, 2.24) is 0 Å². The Labute approximate surface area is 126 Å². The average Bonchev–Trinajstić information content (AvgIpc) is 2.41. The first kappa shape index (κ1) is 14.9. The third kappa shape index (κ3) is 3.32. The molecule has 0 spiro atoms. The lowest BCUT2D eigenvalue weighted by Gasteiger charge is -2.12. The van der Waals surface area contributed by atoms with Crippen LogP contribution in [0.15, 0.2) is 57.9 Å². The summed E-state index contributed by atoms with van der Waals surface area (Å²) >= 11 is 3.20. The van der Waals surface area contributed by atoms with Crippen molar-refractivity contribution in [2.45, 2.75) is 11.8 Å². The molecule has 2 aromatic carbocycles. The molecule has 0 saturated carbocycles. The third-order valence-corrected chi connectivity index (χ3v) is 4.70. The molecule has 2 rings (SSSR count). The fourth-order valence-corrected chi connectivity index (χ4v) is 3.50. The standard InChI is InChI=1S/C14H13BrO4S/c1-2-18-12-8-4-5-9-13(12)19-20(16,17)14-10-6-3-7-11(14)15/h3-10H,2H2,1H3. The molecule has 20 heavy (non-hydrogen) atoms. The van der Waals surface area contributed by atoms with Gasteiger partial charge in [-0.2, -0.15) is 8.42 Å². The van der Waals surface area contributed by atoms with E-state index < -0.39 is 10.1 Å². The molecule has 0 bridgehead atoms. The van der Waals surface area contributed by atoms with Gasteiger partial charge in [0, 0.05) is 4.47 Å². The Kier molecular flexibility index (Phi) is 4.67. The molecule has 0 aromatic heterocycles. The van der Waals surface area contributed by atoms with Crippen LogP contribution in [-0.2, 0) is 10.1 Å². The molecule has 0 fully saturated rings. The van der Waals surface area contributed by atoms with Gasteiger partial charge in [0.15, 0.2) is 11.5 Å². The normalized spacial score (nSPS) is 11.1. The summed E-state index contributed by atoms with van der Waals surface area (Å²) in [5, 5.41) is 0. The number of para-hydroxylation sites is 2. The molecule has 0 aliphatic rings. The second kappa shape index (κ2) is 6.28. The van der Waals surface area contributed by atoms with Crippen LogP contribution in [0.3, 0.4) is 0 Å². The van der Waals surface area contributed by atoms with E-state index in [-0.39, 0.29) is 10.6 Å². The Balaban J connectivity index is 2.37. The van der Waals surface area contributed by atoms with E-state index in [9.17, 15) is 8.42 Å². The summed E-state index contributed by atoms with van der Waals surface area (Å²) in [5.74, 6) is 0.565. The lowest BCUT2D eigenvalue weighted by atomic mass is 10.3. The molecule has 0 atom stereocenters. The van der Waals surface area contributed by atoms with E-state index in [1.54, 1.807) is 42.5 Å². The molecule has 106 valence electrons. The molecule has 2 aromatic rings. The van der Waals surface area contributed by atoms with E-state index in [2.05, 4.69) is 15.9 Å². The predicted molar refractivity (Wildman–Crippen MR) is 79.6 cm³/mol. The Morgan fingerprint density at radius 3 is 2.25 bits per heavy atom. The molecule has 0 unspecified atom stereocenters. The number of ether oxygens (including phenoxy) is 1. The maximum atomic E-state index is 12.3. The van der Waals surface area contributed by atoms with Crippen LogP contribution in [0, 0.1) is 0 Å². The molecule has 0 heterocycles. The summed E-state index contributed by atoms with van der Waals surface area (Å²) in [6, 6.07) is 13.1. The highest BCUT2D eigenvalue weighted by Gasteiger charge is 2.21. The molecule has 6 heteroatoms. The minimum absolute atomic E-state index is 0.0753. The first-order valence-corrected chi connectivity index (χ1v) is 8.15. The second-order valence-corrected chi connectivity index (χ2v) is 6.22. The van der Waals surface area contributed by atoms with Crippen molar-refractivity contribution in [3.05, 3.63) is 53.0 Å². The Morgan fingerprint density at radius 1 is 1.00 bits per heavy atom. The second-order valence-electron chi connectivity index (χ2n) is 3.85. The van der Waals surface area contributed by atoms with E-state index >= 15 is 0 Å². The van der Waals surface area contributed by atoms with Gasteiger partial charge in [-0.1, -0.05) is 24.3 Å². The van der Waals surface area contributed by atoms with Gasteiger partial charge in [-0.25, -0.2) is 0 Å². The van der Waals surface area contributed by atoms with Crippen molar-refractivity contribution >= 4 is 26.0 Å². The van der Waals surface area contributed by atoms with Crippen molar-refractivity contribution in [2.24, 2.45) is 0 Å². The first-order chi connectivity index (χ1) is 9.54. The van der Waals surface area contributed by atoms with Crippen LogP contribution in [0.5, 0.6) is 11.5 Å². The summed E-state index contributed by atoms with van der Waals surface area (Å²) in [6.45, 7) is 2.24. The largest absolute Gasteiger partial charge is 0.490 e. The highest BCUT2D eigenvalue weighted by molar-refractivity contribution is 9.10. The minimum atomic E-state index is -3.91. The summed E-state index contributed by atoms with van der Waals surface area (Å²) in [4.78, 5) is 0.0753. The van der Waals surface area contributed by atoms with Gasteiger partial charge in [-0.3, -0.25) is 0 Å². The van der Waals surface area contributed by atoms with Crippen LogP contribution < -0.4 is 8.92 Å². The lowest BCUT2D eigenvalue weighted by Crippen LogP contribution is -2.11. The van der Waals surface area contributed by atoms with Crippen LogP contribution in [0.4, 0.5) is 0 Å². The average molecular weight is 357 g/mol. The zero-order chi connectivity index (χ0) is 14.6. The van der Waals surface area contributed by atoms with Gasteiger partial charge in [-0.15, -0.1) is 0 Å². The van der Waals surface area contributed by atoms with E-state index in [1.807, 2.05) is 6.92 Å². The smallest absolute Gasteiger partial charge is 0.340 e. The van der Waals surface area contributed by atoms with Gasteiger partial charge in [0.1, 0.15) is 4.90 Å². The maximum Gasteiger partial charge on any atom is 0.340 e. The van der Waals surface area contributed by atoms with Crippen molar-refractivity contribution in [1.29, 1.82) is 0 Å². The summed E-state index contributed by atoms with van der Waals surface area (Å²) < 4.78 is 35.5. The molecule has 0 radical (unpaired) electrons. The van der Waals surface area contributed by atoms with Crippen LogP contribution in [0.1, 0.15) is 6.92 Å². The van der Waals surface area contributed by atoms with Gasteiger partial charge in [0.2, 0.25) is 0 Å². The maximum absolute atomic E-state index is 12.3. The van der Waals surface area contributed by atoms with E-state index in [4.69, 9.17) is 8.92 Å². The molecular formula is C14H13BrO4S. The quantitative estimate of drug-likeness (QED) is 0.767. The highest BCUT2D eigenvalue weighted by atomic mass is 79.9. The molecule has 0 saturated heterocycles.